The maximum absolute atomic E-state index is 12.3. The molecule has 29 heavy (non-hydrogen) atoms. The van der Waals surface area contributed by atoms with Gasteiger partial charge in [0.2, 0.25) is 5.91 Å². The number of rotatable bonds is 6. The third-order valence-corrected chi connectivity index (χ3v) is 5.16. The van der Waals surface area contributed by atoms with Crippen molar-refractivity contribution in [1.29, 1.82) is 0 Å². The molecule has 8 heteroatoms. The van der Waals surface area contributed by atoms with E-state index in [1.807, 2.05) is 11.4 Å². The normalized spacial score (nSPS) is 10.7. The fourth-order valence-electron chi connectivity index (χ4n) is 2.54. The van der Waals surface area contributed by atoms with E-state index in [0.29, 0.717) is 37.6 Å². The molecule has 0 atom stereocenters. The lowest BCUT2D eigenvalue weighted by Gasteiger charge is -2.08. The Bertz CT molecular complexity index is 1070. The molecule has 2 amide bonds. The topological polar surface area (TPSA) is 67.4 Å². The van der Waals surface area contributed by atoms with Gasteiger partial charge in [-0.15, -0.1) is 11.3 Å². The Hall–Kier alpha value is -2.80. The second-order valence-electron chi connectivity index (χ2n) is 5.84. The van der Waals surface area contributed by atoms with Gasteiger partial charge in [0.25, 0.3) is 5.91 Å². The SMILES string of the molecule is COc1c(Cl)cc(Cl)cc1/C=C/C(=O)Nc1cccc(NC(=O)c2cccs2)c1. The first-order valence-corrected chi connectivity index (χ1v) is 10.1. The molecule has 0 aliphatic rings. The molecular formula is C21H16Cl2N2O3S. The van der Waals surface area contributed by atoms with Crippen LogP contribution in [-0.4, -0.2) is 18.9 Å². The largest absolute Gasteiger partial charge is 0.495 e. The Morgan fingerprint density at radius 1 is 1.03 bits per heavy atom. The van der Waals surface area contributed by atoms with Crippen molar-refractivity contribution in [3.05, 3.63) is 80.5 Å². The van der Waals surface area contributed by atoms with E-state index in [-0.39, 0.29) is 11.8 Å². The fourth-order valence-corrected chi connectivity index (χ4v) is 3.75. The molecule has 1 heterocycles. The van der Waals surface area contributed by atoms with E-state index in [9.17, 15) is 9.59 Å². The quantitative estimate of drug-likeness (QED) is 0.458. The van der Waals surface area contributed by atoms with E-state index in [0.717, 1.165) is 0 Å². The van der Waals surface area contributed by atoms with Gasteiger partial charge < -0.3 is 15.4 Å². The zero-order valence-electron chi connectivity index (χ0n) is 15.2. The number of hydrogen-bond donors (Lipinski definition) is 2. The Balaban J connectivity index is 1.68. The average Bonchev–Trinajstić information content (AvgIpc) is 3.21. The van der Waals surface area contributed by atoms with Crippen LogP contribution in [0.4, 0.5) is 11.4 Å². The number of ether oxygens (including phenoxy) is 1. The number of halogens is 2. The van der Waals surface area contributed by atoms with Crippen LogP contribution >= 0.6 is 34.5 Å². The van der Waals surface area contributed by atoms with Crippen molar-refractivity contribution in [2.75, 3.05) is 17.7 Å². The van der Waals surface area contributed by atoms with Gasteiger partial charge in [-0.05, 0) is 47.9 Å². The molecule has 0 fully saturated rings. The third-order valence-electron chi connectivity index (χ3n) is 3.79. The first-order valence-electron chi connectivity index (χ1n) is 8.43. The summed E-state index contributed by atoms with van der Waals surface area (Å²) in [7, 11) is 1.49. The minimum atomic E-state index is -0.357. The van der Waals surface area contributed by atoms with Crippen LogP contribution in [-0.2, 0) is 4.79 Å². The van der Waals surface area contributed by atoms with Gasteiger partial charge in [-0.3, -0.25) is 9.59 Å². The molecule has 1 aromatic heterocycles. The summed E-state index contributed by atoms with van der Waals surface area (Å²) in [5.74, 6) is -0.128. The molecule has 148 valence electrons. The molecule has 0 saturated heterocycles. The number of hydrogen-bond acceptors (Lipinski definition) is 4. The van der Waals surface area contributed by atoms with Gasteiger partial charge in [-0.25, -0.2) is 0 Å². The molecule has 0 aliphatic carbocycles. The summed E-state index contributed by atoms with van der Waals surface area (Å²) in [5, 5.41) is 8.17. The predicted octanol–water partition coefficient (Wildman–Crippen LogP) is 5.97. The molecule has 0 aliphatic heterocycles. The summed E-state index contributed by atoms with van der Waals surface area (Å²) in [4.78, 5) is 25.0. The molecule has 0 bridgehead atoms. The van der Waals surface area contributed by atoms with Gasteiger partial charge in [0, 0.05) is 28.0 Å². The molecule has 0 spiro atoms. The lowest BCUT2D eigenvalue weighted by atomic mass is 10.2. The fraction of sp³-hybridized carbons (Fsp3) is 0.0476. The van der Waals surface area contributed by atoms with E-state index < -0.39 is 0 Å². The number of amides is 2. The van der Waals surface area contributed by atoms with Crippen LogP contribution in [0.2, 0.25) is 10.0 Å². The average molecular weight is 447 g/mol. The highest BCUT2D eigenvalue weighted by Gasteiger charge is 2.09. The van der Waals surface area contributed by atoms with Crippen LogP contribution in [0.5, 0.6) is 5.75 Å². The highest BCUT2D eigenvalue weighted by Crippen LogP contribution is 2.33. The lowest BCUT2D eigenvalue weighted by molar-refractivity contribution is -0.111. The number of methoxy groups -OCH3 is 1. The van der Waals surface area contributed by atoms with E-state index in [2.05, 4.69) is 10.6 Å². The Labute approximate surface area is 181 Å². The van der Waals surface area contributed by atoms with Crippen molar-refractivity contribution in [1.82, 2.24) is 0 Å². The van der Waals surface area contributed by atoms with Gasteiger partial charge in [0.15, 0.2) is 0 Å². The van der Waals surface area contributed by atoms with Crippen LogP contribution in [0.15, 0.2) is 60.0 Å². The Morgan fingerprint density at radius 3 is 2.48 bits per heavy atom. The summed E-state index contributed by atoms with van der Waals surface area (Å²) in [6, 6.07) is 13.7. The monoisotopic (exact) mass is 446 g/mol. The van der Waals surface area contributed by atoms with Crippen molar-refractivity contribution in [3.8, 4) is 5.75 Å². The van der Waals surface area contributed by atoms with Gasteiger partial charge >= 0.3 is 0 Å². The van der Waals surface area contributed by atoms with E-state index >= 15 is 0 Å². The molecular weight excluding hydrogens is 431 g/mol. The van der Waals surface area contributed by atoms with E-state index in [1.165, 1.54) is 24.5 Å². The summed E-state index contributed by atoms with van der Waals surface area (Å²) in [6.45, 7) is 0. The molecule has 0 unspecified atom stereocenters. The van der Waals surface area contributed by atoms with Crippen molar-refractivity contribution in [3.63, 3.8) is 0 Å². The maximum atomic E-state index is 12.3. The molecule has 0 saturated carbocycles. The second kappa shape index (κ2) is 9.60. The summed E-state index contributed by atoms with van der Waals surface area (Å²) in [5.41, 5.74) is 1.70. The summed E-state index contributed by atoms with van der Waals surface area (Å²) in [6.07, 6.45) is 2.91. The number of carbonyl (C=O) groups excluding carboxylic acids is 2. The number of nitrogens with one attached hydrogen (secondary N) is 2. The van der Waals surface area contributed by atoms with Gasteiger partial charge in [0.1, 0.15) is 5.75 Å². The van der Waals surface area contributed by atoms with Crippen molar-refractivity contribution >= 4 is 63.8 Å². The third kappa shape index (κ3) is 5.60. The van der Waals surface area contributed by atoms with Crippen LogP contribution in [0.1, 0.15) is 15.2 Å². The first kappa shape index (κ1) is 20.9. The highest BCUT2D eigenvalue weighted by molar-refractivity contribution is 7.12. The first-order chi connectivity index (χ1) is 14.0. The Morgan fingerprint density at radius 2 is 1.79 bits per heavy atom. The highest BCUT2D eigenvalue weighted by atomic mass is 35.5. The smallest absolute Gasteiger partial charge is 0.265 e. The second-order valence-corrected chi connectivity index (χ2v) is 7.64. The molecule has 0 radical (unpaired) electrons. The number of thiophene rings is 1. The lowest BCUT2D eigenvalue weighted by Crippen LogP contribution is -2.11. The van der Waals surface area contributed by atoms with Gasteiger partial charge in [-0.2, -0.15) is 0 Å². The molecule has 3 rings (SSSR count). The summed E-state index contributed by atoms with van der Waals surface area (Å²) < 4.78 is 5.25. The summed E-state index contributed by atoms with van der Waals surface area (Å²) >= 11 is 13.5. The van der Waals surface area contributed by atoms with Crippen LogP contribution < -0.4 is 15.4 Å². The Kier molecular flexibility index (Phi) is 6.93. The molecule has 2 N–H and O–H groups in total. The van der Waals surface area contributed by atoms with Crippen LogP contribution in [0.25, 0.3) is 6.08 Å². The van der Waals surface area contributed by atoms with E-state index in [4.69, 9.17) is 27.9 Å². The predicted molar refractivity (Wildman–Crippen MR) is 119 cm³/mol. The number of benzene rings is 2. The van der Waals surface area contributed by atoms with Crippen LogP contribution in [0, 0.1) is 0 Å². The zero-order valence-corrected chi connectivity index (χ0v) is 17.6. The molecule has 2 aromatic carbocycles. The number of anilines is 2. The van der Waals surface area contributed by atoms with Gasteiger partial charge in [0.05, 0.1) is 17.0 Å². The number of carbonyl (C=O) groups is 2. The minimum absolute atomic E-state index is 0.201. The van der Waals surface area contributed by atoms with Crippen molar-refractivity contribution < 1.29 is 14.3 Å². The maximum Gasteiger partial charge on any atom is 0.265 e. The van der Waals surface area contributed by atoms with E-state index in [1.54, 1.807) is 48.5 Å². The van der Waals surface area contributed by atoms with Crippen molar-refractivity contribution in [2.45, 2.75) is 0 Å². The molecule has 5 nitrogen and oxygen atoms in total. The van der Waals surface area contributed by atoms with Crippen molar-refractivity contribution in [2.24, 2.45) is 0 Å². The van der Waals surface area contributed by atoms with Crippen LogP contribution in [0.3, 0.4) is 0 Å². The minimum Gasteiger partial charge on any atom is -0.495 e. The van der Waals surface area contributed by atoms with Gasteiger partial charge in [-0.1, -0.05) is 35.3 Å². The molecule has 3 aromatic rings. The zero-order chi connectivity index (χ0) is 20.8. The standard InChI is InChI=1S/C21H16Cl2N2O3S/c1-28-20-13(10-14(22)11-17(20)23)7-8-19(26)24-15-4-2-5-16(12-15)25-21(27)18-6-3-9-29-18/h2-12H,1H3,(H,24,26)(H,25,27)/b8-7+.